The molecule has 0 bridgehead atoms. The maximum absolute atomic E-state index is 12.3. The summed E-state index contributed by atoms with van der Waals surface area (Å²) in [6, 6.07) is 13.4. The van der Waals surface area contributed by atoms with Crippen molar-refractivity contribution in [2.24, 2.45) is 0 Å². The monoisotopic (exact) mass is 407 g/mol. The highest BCUT2D eigenvalue weighted by Crippen LogP contribution is 2.24. The van der Waals surface area contributed by atoms with Crippen LogP contribution in [-0.2, 0) is 24.2 Å². The van der Waals surface area contributed by atoms with E-state index < -0.39 is 27.8 Å². The van der Waals surface area contributed by atoms with Gasteiger partial charge in [0, 0.05) is 10.9 Å². The van der Waals surface area contributed by atoms with Crippen LogP contribution in [0.1, 0.15) is 13.3 Å². The zero-order valence-corrected chi connectivity index (χ0v) is 16.5. The molecule has 1 fully saturated rings. The zero-order valence-electron chi connectivity index (χ0n) is 14.9. The van der Waals surface area contributed by atoms with Crippen LogP contribution in [-0.4, -0.2) is 48.9 Å². The van der Waals surface area contributed by atoms with Gasteiger partial charge in [-0.25, -0.2) is 8.42 Å². The highest BCUT2D eigenvalue weighted by atomic mass is 32.2. The van der Waals surface area contributed by atoms with Crippen LogP contribution in [0.5, 0.6) is 0 Å². The largest absolute Gasteiger partial charge is 0.452 e. The molecule has 2 atom stereocenters. The second-order valence-electron chi connectivity index (χ2n) is 6.52. The molecule has 1 aliphatic rings. The summed E-state index contributed by atoms with van der Waals surface area (Å²) >= 11 is 1.27. The molecular formula is C19H21NO5S2. The minimum absolute atomic E-state index is 0.0355. The average molecular weight is 408 g/mol. The summed E-state index contributed by atoms with van der Waals surface area (Å²) in [6.45, 7) is 1.51. The lowest BCUT2D eigenvalue weighted by molar-refractivity contribution is -0.150. The summed E-state index contributed by atoms with van der Waals surface area (Å²) in [4.78, 5) is 24.2. The fourth-order valence-electron chi connectivity index (χ4n) is 2.87. The molecular weight excluding hydrogens is 386 g/mol. The number of hydrogen-bond acceptors (Lipinski definition) is 6. The van der Waals surface area contributed by atoms with Gasteiger partial charge in [-0.3, -0.25) is 9.59 Å². The number of carbonyl (C=O) groups is 2. The van der Waals surface area contributed by atoms with Crippen molar-refractivity contribution in [2.45, 2.75) is 24.7 Å². The molecule has 1 aliphatic heterocycles. The smallest absolute Gasteiger partial charge is 0.316 e. The van der Waals surface area contributed by atoms with Gasteiger partial charge in [0.1, 0.15) is 0 Å². The number of sulfone groups is 1. The molecule has 0 spiro atoms. The fourth-order valence-corrected chi connectivity index (χ4v) is 6.30. The number of thioether (sulfide) groups is 1. The molecule has 3 rings (SSSR count). The highest BCUT2D eigenvalue weighted by Gasteiger charge is 2.29. The molecule has 0 unspecified atom stereocenters. The number of ether oxygens (including phenoxy) is 1. The van der Waals surface area contributed by atoms with E-state index in [1.165, 1.54) is 18.7 Å². The Morgan fingerprint density at radius 3 is 2.67 bits per heavy atom. The van der Waals surface area contributed by atoms with E-state index in [9.17, 15) is 18.0 Å². The maximum atomic E-state index is 12.3. The minimum atomic E-state index is -2.97. The van der Waals surface area contributed by atoms with Gasteiger partial charge >= 0.3 is 5.97 Å². The SMILES string of the molecule is C[C@@H](OC(=O)CS[C@H]1CCS(=O)(=O)C1)C(=O)Nc1ccc2ccccc2c1. The first-order valence-electron chi connectivity index (χ1n) is 8.63. The van der Waals surface area contributed by atoms with Gasteiger partial charge in [-0.1, -0.05) is 30.3 Å². The van der Waals surface area contributed by atoms with Gasteiger partial charge in [0.15, 0.2) is 15.9 Å². The molecule has 0 aliphatic carbocycles. The average Bonchev–Trinajstić information content (AvgIpc) is 2.98. The highest BCUT2D eigenvalue weighted by molar-refractivity contribution is 8.02. The Morgan fingerprint density at radius 1 is 1.22 bits per heavy atom. The van der Waals surface area contributed by atoms with Crippen LogP contribution in [0, 0.1) is 0 Å². The quantitative estimate of drug-likeness (QED) is 0.741. The summed E-state index contributed by atoms with van der Waals surface area (Å²) in [7, 11) is -2.97. The third kappa shape index (κ3) is 5.46. The van der Waals surface area contributed by atoms with Gasteiger partial charge in [0.25, 0.3) is 5.91 Å². The summed E-state index contributed by atoms with van der Waals surface area (Å²) < 4.78 is 28.0. The molecule has 2 aromatic carbocycles. The Hall–Kier alpha value is -2.06. The van der Waals surface area contributed by atoms with Crippen LogP contribution in [0.25, 0.3) is 10.8 Å². The number of carbonyl (C=O) groups excluding carboxylic acids is 2. The second-order valence-corrected chi connectivity index (χ2v) is 10.0. The van der Waals surface area contributed by atoms with Gasteiger partial charge < -0.3 is 10.1 Å². The number of amides is 1. The van der Waals surface area contributed by atoms with Crippen molar-refractivity contribution in [3.8, 4) is 0 Å². The molecule has 27 heavy (non-hydrogen) atoms. The van der Waals surface area contributed by atoms with E-state index in [1.807, 2.05) is 36.4 Å². The van der Waals surface area contributed by atoms with Crippen LogP contribution >= 0.6 is 11.8 Å². The Morgan fingerprint density at radius 2 is 1.96 bits per heavy atom. The number of esters is 1. The molecule has 2 aromatic rings. The predicted octanol–water partition coefficient (Wildman–Crippen LogP) is 2.63. The Labute approximate surface area is 162 Å². The van der Waals surface area contributed by atoms with E-state index >= 15 is 0 Å². The molecule has 1 saturated heterocycles. The van der Waals surface area contributed by atoms with Crippen LogP contribution in [0.2, 0.25) is 0 Å². The Kier molecular flexibility index (Phi) is 6.06. The van der Waals surface area contributed by atoms with Gasteiger partial charge in [-0.2, -0.15) is 0 Å². The van der Waals surface area contributed by atoms with E-state index in [0.717, 1.165) is 10.8 Å². The lowest BCUT2D eigenvalue weighted by Gasteiger charge is -2.14. The topological polar surface area (TPSA) is 89.5 Å². The van der Waals surface area contributed by atoms with Crippen molar-refractivity contribution in [3.05, 3.63) is 42.5 Å². The van der Waals surface area contributed by atoms with E-state index in [-0.39, 0.29) is 22.5 Å². The third-order valence-corrected chi connectivity index (χ3v) is 7.58. The summed E-state index contributed by atoms with van der Waals surface area (Å²) in [6.07, 6.45) is -0.380. The minimum Gasteiger partial charge on any atom is -0.452 e. The lowest BCUT2D eigenvalue weighted by Crippen LogP contribution is -2.30. The van der Waals surface area contributed by atoms with Crippen molar-refractivity contribution >= 4 is 49.9 Å². The zero-order chi connectivity index (χ0) is 19.4. The maximum Gasteiger partial charge on any atom is 0.316 e. The van der Waals surface area contributed by atoms with Crippen LogP contribution in [0.3, 0.4) is 0 Å². The standard InChI is InChI=1S/C19H21NO5S2/c1-13(25-18(21)11-26-17-8-9-27(23,24)12-17)19(22)20-16-7-6-14-4-2-3-5-15(14)10-16/h2-7,10,13,17H,8-9,11-12H2,1H3,(H,20,22)/t13-,17+/m1/s1. The van der Waals surface area contributed by atoms with Gasteiger partial charge in [-0.05, 0) is 36.2 Å². The number of nitrogens with one attached hydrogen (secondary N) is 1. The fraction of sp³-hybridized carbons (Fsp3) is 0.368. The number of hydrogen-bond donors (Lipinski definition) is 1. The van der Waals surface area contributed by atoms with Gasteiger partial charge in [-0.15, -0.1) is 11.8 Å². The first-order valence-corrected chi connectivity index (χ1v) is 11.5. The van der Waals surface area contributed by atoms with Gasteiger partial charge in [0.2, 0.25) is 0 Å². The molecule has 6 nitrogen and oxygen atoms in total. The molecule has 1 amide bonds. The number of rotatable bonds is 6. The van der Waals surface area contributed by atoms with E-state index in [2.05, 4.69) is 5.32 Å². The van der Waals surface area contributed by atoms with Crippen molar-refractivity contribution in [1.29, 1.82) is 0 Å². The number of anilines is 1. The Balaban J connectivity index is 1.48. The number of benzene rings is 2. The van der Waals surface area contributed by atoms with Crippen LogP contribution < -0.4 is 5.32 Å². The normalized spacial score (nSPS) is 19.5. The van der Waals surface area contributed by atoms with Crippen molar-refractivity contribution in [1.82, 2.24) is 0 Å². The van der Waals surface area contributed by atoms with Crippen molar-refractivity contribution in [2.75, 3.05) is 22.6 Å². The molecule has 144 valence electrons. The molecule has 0 saturated carbocycles. The lowest BCUT2D eigenvalue weighted by atomic mass is 10.1. The predicted molar refractivity (Wildman–Crippen MR) is 108 cm³/mol. The van der Waals surface area contributed by atoms with Gasteiger partial charge in [0.05, 0.1) is 17.3 Å². The third-order valence-electron chi connectivity index (χ3n) is 4.32. The Bertz CT molecular complexity index is 957. The first kappa shape index (κ1) is 19.7. The molecule has 1 N–H and O–H groups in total. The second kappa shape index (κ2) is 8.31. The summed E-state index contributed by atoms with van der Waals surface area (Å²) in [5.41, 5.74) is 0.632. The number of fused-ring (bicyclic) bond motifs is 1. The van der Waals surface area contributed by atoms with E-state index in [0.29, 0.717) is 12.1 Å². The van der Waals surface area contributed by atoms with Crippen LogP contribution in [0.4, 0.5) is 5.69 Å². The molecule has 0 radical (unpaired) electrons. The van der Waals surface area contributed by atoms with Crippen molar-refractivity contribution in [3.63, 3.8) is 0 Å². The van der Waals surface area contributed by atoms with Crippen LogP contribution in [0.15, 0.2) is 42.5 Å². The van der Waals surface area contributed by atoms with Crippen molar-refractivity contribution < 1.29 is 22.7 Å². The van der Waals surface area contributed by atoms with E-state index in [4.69, 9.17) is 4.74 Å². The van der Waals surface area contributed by atoms with E-state index in [1.54, 1.807) is 6.07 Å². The summed E-state index contributed by atoms with van der Waals surface area (Å²) in [5, 5.41) is 4.74. The summed E-state index contributed by atoms with van der Waals surface area (Å²) in [5.74, 6) is -0.626. The molecule has 0 aromatic heterocycles. The molecule has 8 heteroatoms. The molecule has 1 heterocycles. The first-order chi connectivity index (χ1) is 12.8.